The van der Waals surface area contributed by atoms with Crippen molar-refractivity contribution in [3.63, 3.8) is 0 Å². The SMILES string of the molecule is CCNC(CCN(C)C)(C(N)=O)c1ccccc1. The molecule has 1 aromatic rings. The fourth-order valence-electron chi connectivity index (χ4n) is 2.10. The summed E-state index contributed by atoms with van der Waals surface area (Å²) >= 11 is 0. The molecule has 0 aromatic heterocycles. The van der Waals surface area contributed by atoms with Crippen molar-refractivity contribution in [2.75, 3.05) is 27.2 Å². The highest BCUT2D eigenvalue weighted by Crippen LogP contribution is 2.25. The number of hydrogen-bond donors (Lipinski definition) is 2. The molecule has 4 nitrogen and oxygen atoms in total. The zero-order chi connectivity index (χ0) is 13.6. The van der Waals surface area contributed by atoms with Gasteiger partial charge in [-0.25, -0.2) is 0 Å². The molecule has 1 unspecified atom stereocenters. The number of benzene rings is 1. The summed E-state index contributed by atoms with van der Waals surface area (Å²) in [5.74, 6) is -0.322. The van der Waals surface area contributed by atoms with Crippen molar-refractivity contribution in [3.8, 4) is 0 Å². The minimum absolute atomic E-state index is 0.322. The summed E-state index contributed by atoms with van der Waals surface area (Å²) < 4.78 is 0. The van der Waals surface area contributed by atoms with Crippen LogP contribution < -0.4 is 11.1 Å². The molecule has 0 spiro atoms. The molecule has 0 aliphatic carbocycles. The Hall–Kier alpha value is -1.39. The number of nitrogens with one attached hydrogen (secondary N) is 1. The van der Waals surface area contributed by atoms with E-state index in [1.165, 1.54) is 0 Å². The lowest BCUT2D eigenvalue weighted by molar-refractivity contribution is -0.125. The van der Waals surface area contributed by atoms with Crippen LogP contribution in [0.25, 0.3) is 0 Å². The second-order valence-electron chi connectivity index (χ2n) is 4.72. The molecule has 0 saturated carbocycles. The summed E-state index contributed by atoms with van der Waals surface area (Å²) in [4.78, 5) is 14.0. The van der Waals surface area contributed by atoms with Gasteiger partial charge >= 0.3 is 0 Å². The predicted molar refractivity (Wildman–Crippen MR) is 74.2 cm³/mol. The molecule has 100 valence electrons. The highest BCUT2D eigenvalue weighted by molar-refractivity contribution is 5.86. The molecular weight excluding hydrogens is 226 g/mol. The molecule has 1 rings (SSSR count). The summed E-state index contributed by atoms with van der Waals surface area (Å²) in [6.07, 6.45) is 0.660. The fourth-order valence-corrected chi connectivity index (χ4v) is 2.10. The van der Waals surface area contributed by atoms with E-state index < -0.39 is 5.54 Å². The summed E-state index contributed by atoms with van der Waals surface area (Å²) in [5.41, 5.74) is 5.81. The smallest absolute Gasteiger partial charge is 0.242 e. The van der Waals surface area contributed by atoms with E-state index in [1.807, 2.05) is 51.4 Å². The maximum Gasteiger partial charge on any atom is 0.242 e. The number of carbonyl (C=O) groups is 1. The van der Waals surface area contributed by atoms with E-state index >= 15 is 0 Å². The molecule has 1 atom stereocenters. The number of amides is 1. The van der Waals surface area contributed by atoms with Crippen molar-refractivity contribution >= 4 is 5.91 Å². The van der Waals surface area contributed by atoms with Gasteiger partial charge in [-0.1, -0.05) is 37.3 Å². The van der Waals surface area contributed by atoms with Crippen LogP contribution in [-0.2, 0) is 10.3 Å². The van der Waals surface area contributed by atoms with Gasteiger partial charge in [0.1, 0.15) is 5.54 Å². The zero-order valence-electron chi connectivity index (χ0n) is 11.4. The van der Waals surface area contributed by atoms with E-state index in [0.717, 1.165) is 12.1 Å². The van der Waals surface area contributed by atoms with Crippen LogP contribution in [-0.4, -0.2) is 38.0 Å². The van der Waals surface area contributed by atoms with E-state index in [-0.39, 0.29) is 5.91 Å². The number of nitrogens with two attached hydrogens (primary N) is 1. The van der Waals surface area contributed by atoms with Gasteiger partial charge < -0.3 is 10.6 Å². The van der Waals surface area contributed by atoms with Crippen molar-refractivity contribution < 1.29 is 4.79 Å². The van der Waals surface area contributed by atoms with Crippen LogP contribution in [0.2, 0.25) is 0 Å². The van der Waals surface area contributed by atoms with E-state index in [2.05, 4.69) is 10.2 Å². The van der Waals surface area contributed by atoms with Gasteiger partial charge in [-0.15, -0.1) is 0 Å². The quantitative estimate of drug-likeness (QED) is 0.756. The number of carbonyl (C=O) groups excluding carboxylic acids is 1. The predicted octanol–water partition coefficient (Wildman–Crippen LogP) is 0.928. The molecule has 18 heavy (non-hydrogen) atoms. The van der Waals surface area contributed by atoms with Gasteiger partial charge in [0, 0.05) is 6.54 Å². The lowest BCUT2D eigenvalue weighted by Crippen LogP contribution is -2.53. The Morgan fingerprint density at radius 2 is 1.94 bits per heavy atom. The topological polar surface area (TPSA) is 58.4 Å². The maximum absolute atomic E-state index is 12.0. The normalized spacial score (nSPS) is 14.4. The van der Waals surface area contributed by atoms with Crippen LogP contribution in [0.3, 0.4) is 0 Å². The van der Waals surface area contributed by atoms with E-state index in [9.17, 15) is 4.79 Å². The van der Waals surface area contributed by atoms with Gasteiger partial charge in [0.05, 0.1) is 0 Å². The van der Waals surface area contributed by atoms with Gasteiger partial charge in [-0.2, -0.15) is 0 Å². The van der Waals surface area contributed by atoms with Gasteiger partial charge in [-0.3, -0.25) is 10.1 Å². The zero-order valence-corrected chi connectivity index (χ0v) is 11.4. The van der Waals surface area contributed by atoms with E-state index in [0.29, 0.717) is 13.0 Å². The Bertz CT molecular complexity index is 378. The third-order valence-electron chi connectivity index (χ3n) is 3.10. The molecule has 0 heterocycles. The number of hydrogen-bond acceptors (Lipinski definition) is 3. The number of likely N-dealkylation sites (N-methyl/N-ethyl adjacent to an activating group) is 1. The summed E-state index contributed by atoms with van der Waals surface area (Å²) in [6.45, 7) is 3.48. The Morgan fingerprint density at radius 1 is 1.33 bits per heavy atom. The maximum atomic E-state index is 12.0. The molecule has 3 N–H and O–H groups in total. The van der Waals surface area contributed by atoms with Crippen LogP contribution in [0.4, 0.5) is 0 Å². The van der Waals surface area contributed by atoms with E-state index in [4.69, 9.17) is 5.73 Å². The Morgan fingerprint density at radius 3 is 2.39 bits per heavy atom. The lowest BCUT2D eigenvalue weighted by atomic mass is 9.85. The van der Waals surface area contributed by atoms with Gasteiger partial charge in [-0.05, 0) is 32.6 Å². The Balaban J connectivity index is 3.09. The van der Waals surface area contributed by atoms with Crippen LogP contribution in [0.5, 0.6) is 0 Å². The second-order valence-corrected chi connectivity index (χ2v) is 4.72. The molecule has 1 amide bonds. The minimum atomic E-state index is -0.778. The average molecular weight is 249 g/mol. The number of nitrogens with zero attached hydrogens (tertiary/aromatic N) is 1. The first-order valence-corrected chi connectivity index (χ1v) is 6.28. The number of rotatable bonds is 7. The van der Waals surface area contributed by atoms with Crippen molar-refractivity contribution in [3.05, 3.63) is 35.9 Å². The highest BCUT2D eigenvalue weighted by Gasteiger charge is 2.37. The van der Waals surface area contributed by atoms with Crippen molar-refractivity contribution in [1.82, 2.24) is 10.2 Å². The molecule has 0 aliphatic rings. The van der Waals surface area contributed by atoms with E-state index in [1.54, 1.807) is 0 Å². The van der Waals surface area contributed by atoms with Gasteiger partial charge in [0.15, 0.2) is 0 Å². The molecule has 0 aliphatic heterocycles. The first kappa shape index (κ1) is 14.7. The van der Waals surface area contributed by atoms with Gasteiger partial charge in [0.2, 0.25) is 5.91 Å². The van der Waals surface area contributed by atoms with Crippen LogP contribution in [0, 0.1) is 0 Å². The minimum Gasteiger partial charge on any atom is -0.368 e. The van der Waals surface area contributed by atoms with Crippen LogP contribution in [0.1, 0.15) is 18.9 Å². The molecule has 0 saturated heterocycles. The molecule has 1 aromatic carbocycles. The third kappa shape index (κ3) is 3.31. The second kappa shape index (κ2) is 6.52. The fraction of sp³-hybridized carbons (Fsp3) is 0.500. The van der Waals surface area contributed by atoms with Crippen molar-refractivity contribution in [1.29, 1.82) is 0 Å². The lowest BCUT2D eigenvalue weighted by Gasteiger charge is -2.33. The first-order chi connectivity index (χ1) is 8.53. The highest BCUT2D eigenvalue weighted by atomic mass is 16.1. The molecule has 4 heteroatoms. The third-order valence-corrected chi connectivity index (χ3v) is 3.10. The monoisotopic (exact) mass is 249 g/mol. The Kier molecular flexibility index (Phi) is 5.31. The van der Waals surface area contributed by atoms with Gasteiger partial charge in [0.25, 0.3) is 0 Å². The molecule has 0 radical (unpaired) electrons. The van der Waals surface area contributed by atoms with Crippen LogP contribution >= 0.6 is 0 Å². The summed E-state index contributed by atoms with van der Waals surface area (Å²) in [5, 5.41) is 3.27. The molecule has 0 fully saturated rings. The Labute approximate surface area is 109 Å². The summed E-state index contributed by atoms with van der Waals surface area (Å²) in [7, 11) is 3.98. The molecular formula is C14H23N3O. The standard InChI is InChI=1S/C14H23N3O/c1-4-16-14(13(15)18,10-11-17(2)3)12-8-6-5-7-9-12/h5-9,16H,4,10-11H2,1-3H3,(H2,15,18). The average Bonchev–Trinajstić information content (AvgIpc) is 2.35. The number of primary amides is 1. The molecule has 0 bridgehead atoms. The van der Waals surface area contributed by atoms with Crippen molar-refractivity contribution in [2.24, 2.45) is 5.73 Å². The van der Waals surface area contributed by atoms with Crippen molar-refractivity contribution in [2.45, 2.75) is 18.9 Å². The van der Waals surface area contributed by atoms with Crippen LogP contribution in [0.15, 0.2) is 30.3 Å². The first-order valence-electron chi connectivity index (χ1n) is 6.28. The summed E-state index contributed by atoms with van der Waals surface area (Å²) in [6, 6.07) is 9.69. The largest absolute Gasteiger partial charge is 0.368 e.